The van der Waals surface area contributed by atoms with Gasteiger partial charge < -0.3 is 20.1 Å². The van der Waals surface area contributed by atoms with E-state index < -0.39 is 11.2 Å². The van der Waals surface area contributed by atoms with Crippen molar-refractivity contribution in [2.24, 2.45) is 0 Å². The van der Waals surface area contributed by atoms with Gasteiger partial charge >= 0.3 is 6.09 Å². The van der Waals surface area contributed by atoms with Gasteiger partial charge in [0.05, 0.1) is 13.1 Å². The molecule has 5 nitrogen and oxygen atoms in total. The molecule has 0 atom stereocenters. The molecule has 0 unspecified atom stereocenters. The van der Waals surface area contributed by atoms with Crippen LogP contribution in [0.15, 0.2) is 0 Å². The van der Waals surface area contributed by atoms with Gasteiger partial charge in [-0.15, -0.1) is 0 Å². The van der Waals surface area contributed by atoms with Gasteiger partial charge in [-0.25, -0.2) is 4.79 Å². The van der Waals surface area contributed by atoms with Crippen molar-refractivity contribution in [2.45, 2.75) is 32.0 Å². The number of likely N-dealkylation sites (N-methyl/N-ethyl adjacent to an activating group) is 1. The van der Waals surface area contributed by atoms with Crippen molar-refractivity contribution in [3.8, 4) is 0 Å². The Bertz CT molecular complexity index is 242. The molecule has 1 rings (SSSR count). The van der Waals surface area contributed by atoms with Gasteiger partial charge in [-0.3, -0.25) is 0 Å². The molecule has 5 heteroatoms. The molecular weight excluding hydrogens is 196 g/mol. The lowest BCUT2D eigenvalue weighted by Crippen LogP contribution is -2.67. The first-order valence-electron chi connectivity index (χ1n) is 5.11. The maximum Gasteiger partial charge on any atom is 0.410 e. The van der Waals surface area contributed by atoms with E-state index in [0.29, 0.717) is 19.6 Å². The van der Waals surface area contributed by atoms with Crippen molar-refractivity contribution >= 4 is 6.09 Å². The Morgan fingerprint density at radius 3 is 2.47 bits per heavy atom. The smallest absolute Gasteiger partial charge is 0.410 e. The third-order valence-electron chi connectivity index (χ3n) is 2.13. The number of amides is 1. The molecule has 1 fully saturated rings. The number of carbonyl (C=O) groups excluding carboxylic acids is 1. The predicted octanol–water partition coefficient (Wildman–Crippen LogP) is 0.188. The summed E-state index contributed by atoms with van der Waals surface area (Å²) in [4.78, 5) is 13.0. The van der Waals surface area contributed by atoms with Crippen LogP contribution in [0.2, 0.25) is 0 Å². The fraction of sp³-hybridized carbons (Fsp3) is 0.900. The Kier molecular flexibility index (Phi) is 3.25. The minimum atomic E-state index is -0.786. The van der Waals surface area contributed by atoms with E-state index in [1.807, 2.05) is 20.8 Å². The number of β-amino-alcohol motifs (C(OH)–C–C–N with tert-alkyl or cyclic N) is 1. The van der Waals surface area contributed by atoms with E-state index in [0.717, 1.165) is 0 Å². The number of likely N-dealkylation sites (tertiary alicyclic amines) is 1. The van der Waals surface area contributed by atoms with Crippen LogP contribution in [0.25, 0.3) is 0 Å². The van der Waals surface area contributed by atoms with Gasteiger partial charge in [0.1, 0.15) is 11.2 Å². The first kappa shape index (κ1) is 12.3. The van der Waals surface area contributed by atoms with Crippen LogP contribution in [0.5, 0.6) is 0 Å². The minimum Gasteiger partial charge on any atom is -0.444 e. The number of nitrogens with one attached hydrogen (secondary N) is 1. The van der Waals surface area contributed by atoms with Crippen LogP contribution in [-0.2, 0) is 4.74 Å². The molecule has 88 valence electrons. The molecule has 1 aliphatic rings. The van der Waals surface area contributed by atoms with E-state index >= 15 is 0 Å². The summed E-state index contributed by atoms with van der Waals surface area (Å²) in [6.07, 6.45) is -0.358. The second-order valence-corrected chi connectivity index (χ2v) is 5.09. The van der Waals surface area contributed by atoms with Crippen molar-refractivity contribution in [3.63, 3.8) is 0 Å². The highest BCUT2D eigenvalue weighted by atomic mass is 16.6. The third kappa shape index (κ3) is 3.35. The predicted molar refractivity (Wildman–Crippen MR) is 56.7 cm³/mol. The summed E-state index contributed by atoms with van der Waals surface area (Å²) in [5.74, 6) is 0. The van der Waals surface area contributed by atoms with Gasteiger partial charge in [-0.05, 0) is 27.8 Å². The number of hydrogen-bond acceptors (Lipinski definition) is 4. The number of rotatable bonds is 2. The molecule has 0 aromatic heterocycles. The minimum absolute atomic E-state index is 0.336. The van der Waals surface area contributed by atoms with E-state index in [1.54, 1.807) is 7.05 Å². The Hall–Kier alpha value is -0.810. The second kappa shape index (κ2) is 3.98. The molecular formula is C10H20N2O3. The normalized spacial score (nSPS) is 19.7. The van der Waals surface area contributed by atoms with Crippen LogP contribution in [0.4, 0.5) is 4.79 Å². The molecule has 0 aliphatic carbocycles. The van der Waals surface area contributed by atoms with Crippen LogP contribution in [0.3, 0.4) is 0 Å². The van der Waals surface area contributed by atoms with Crippen LogP contribution >= 0.6 is 0 Å². The lowest BCUT2D eigenvalue weighted by molar-refractivity contribution is -0.0952. The Balaban J connectivity index is 2.35. The molecule has 0 saturated carbocycles. The molecule has 1 amide bonds. The van der Waals surface area contributed by atoms with Crippen molar-refractivity contribution in [1.29, 1.82) is 0 Å². The maximum atomic E-state index is 11.5. The average Bonchev–Trinajstić information content (AvgIpc) is 1.96. The molecule has 1 heterocycles. The van der Waals surface area contributed by atoms with Gasteiger partial charge in [0.2, 0.25) is 0 Å². The van der Waals surface area contributed by atoms with E-state index in [4.69, 9.17) is 4.74 Å². The molecule has 15 heavy (non-hydrogen) atoms. The summed E-state index contributed by atoms with van der Waals surface area (Å²) >= 11 is 0. The summed E-state index contributed by atoms with van der Waals surface area (Å²) < 4.78 is 5.17. The summed E-state index contributed by atoms with van der Waals surface area (Å²) in [6.45, 7) is 6.64. The van der Waals surface area contributed by atoms with Crippen molar-refractivity contribution in [3.05, 3.63) is 0 Å². The Morgan fingerprint density at radius 2 is 2.07 bits per heavy atom. The first-order valence-corrected chi connectivity index (χ1v) is 5.11. The van der Waals surface area contributed by atoms with Crippen molar-refractivity contribution in [2.75, 3.05) is 26.7 Å². The zero-order chi connectivity index (χ0) is 11.7. The van der Waals surface area contributed by atoms with Crippen LogP contribution < -0.4 is 5.32 Å². The highest BCUT2D eigenvalue weighted by molar-refractivity contribution is 5.69. The molecule has 1 aliphatic heterocycles. The molecule has 0 aromatic rings. The summed E-state index contributed by atoms with van der Waals surface area (Å²) in [5, 5.41) is 12.7. The van der Waals surface area contributed by atoms with Crippen LogP contribution in [0, 0.1) is 0 Å². The van der Waals surface area contributed by atoms with Gasteiger partial charge in [-0.1, -0.05) is 0 Å². The largest absolute Gasteiger partial charge is 0.444 e. The van der Waals surface area contributed by atoms with Crippen LogP contribution in [-0.4, -0.2) is 54.0 Å². The zero-order valence-corrected chi connectivity index (χ0v) is 9.83. The molecule has 2 N–H and O–H groups in total. The van der Waals surface area contributed by atoms with E-state index in [1.165, 1.54) is 4.90 Å². The fourth-order valence-corrected chi connectivity index (χ4v) is 1.56. The molecule has 0 bridgehead atoms. The summed E-state index contributed by atoms with van der Waals surface area (Å²) in [6, 6.07) is 0. The zero-order valence-electron chi connectivity index (χ0n) is 9.83. The number of ether oxygens (including phenoxy) is 1. The van der Waals surface area contributed by atoms with Gasteiger partial charge in [0, 0.05) is 6.54 Å². The van der Waals surface area contributed by atoms with E-state index in [-0.39, 0.29) is 6.09 Å². The van der Waals surface area contributed by atoms with Gasteiger partial charge in [0.25, 0.3) is 0 Å². The molecule has 0 aromatic carbocycles. The number of hydrogen-bond donors (Lipinski definition) is 2. The van der Waals surface area contributed by atoms with Crippen molar-refractivity contribution in [1.82, 2.24) is 10.2 Å². The Morgan fingerprint density at radius 1 is 1.53 bits per heavy atom. The highest BCUT2D eigenvalue weighted by Gasteiger charge is 2.44. The number of aliphatic hydroxyl groups is 1. The van der Waals surface area contributed by atoms with Gasteiger partial charge in [-0.2, -0.15) is 0 Å². The second-order valence-electron chi connectivity index (χ2n) is 5.09. The summed E-state index contributed by atoms with van der Waals surface area (Å²) in [5.41, 5.74) is -1.26. The highest BCUT2D eigenvalue weighted by Crippen LogP contribution is 2.22. The number of carbonyl (C=O) groups is 1. The lowest BCUT2D eigenvalue weighted by Gasteiger charge is -2.46. The SMILES string of the molecule is CNCC1(O)CN(C(=O)OC(C)(C)C)C1. The fourth-order valence-electron chi connectivity index (χ4n) is 1.56. The monoisotopic (exact) mass is 216 g/mol. The maximum absolute atomic E-state index is 11.5. The summed E-state index contributed by atoms with van der Waals surface area (Å²) in [7, 11) is 1.77. The lowest BCUT2D eigenvalue weighted by atomic mass is 9.95. The van der Waals surface area contributed by atoms with Crippen molar-refractivity contribution < 1.29 is 14.6 Å². The standard InChI is InChI=1S/C10H20N2O3/c1-9(2,3)15-8(13)12-6-10(14,7-12)5-11-4/h11,14H,5-7H2,1-4H3. The number of nitrogens with zero attached hydrogens (tertiary/aromatic N) is 1. The van der Waals surface area contributed by atoms with Gasteiger partial charge in [0.15, 0.2) is 0 Å². The van der Waals surface area contributed by atoms with Crippen LogP contribution in [0.1, 0.15) is 20.8 Å². The van der Waals surface area contributed by atoms with E-state index in [9.17, 15) is 9.90 Å². The van der Waals surface area contributed by atoms with E-state index in [2.05, 4.69) is 5.32 Å². The molecule has 0 spiro atoms. The third-order valence-corrected chi connectivity index (χ3v) is 2.13. The Labute approximate surface area is 90.4 Å². The topological polar surface area (TPSA) is 61.8 Å². The quantitative estimate of drug-likeness (QED) is 0.691. The molecule has 0 radical (unpaired) electrons. The average molecular weight is 216 g/mol. The first-order chi connectivity index (χ1) is 6.76. The molecule has 1 saturated heterocycles.